The van der Waals surface area contributed by atoms with Crippen molar-refractivity contribution in [2.24, 2.45) is 0 Å². The maximum atomic E-state index is 3.72. The third kappa shape index (κ3) is 2.82. The topological polar surface area (TPSA) is 15.3 Å². The summed E-state index contributed by atoms with van der Waals surface area (Å²) in [5.41, 5.74) is 5.69. The van der Waals surface area contributed by atoms with Gasteiger partial charge in [0.1, 0.15) is 0 Å². The number of rotatable bonds is 4. The van der Waals surface area contributed by atoms with E-state index in [-0.39, 0.29) is 0 Å². The van der Waals surface area contributed by atoms with Crippen molar-refractivity contribution in [3.63, 3.8) is 0 Å². The Morgan fingerprint density at radius 3 is 3.06 bits per heavy atom. The average molecular weight is 242 g/mol. The summed E-state index contributed by atoms with van der Waals surface area (Å²) in [6, 6.07) is 6.63. The molecule has 96 valence electrons. The largest absolute Gasteiger partial charge is 0.365 e. The fourth-order valence-corrected chi connectivity index (χ4v) is 2.59. The molecule has 1 N–H and O–H groups in total. The summed E-state index contributed by atoms with van der Waals surface area (Å²) in [6.45, 7) is 11.1. The van der Waals surface area contributed by atoms with Crippen molar-refractivity contribution in [1.82, 2.24) is 10.2 Å². The Bertz CT molecular complexity index is 460. The summed E-state index contributed by atoms with van der Waals surface area (Å²) in [6.07, 6.45) is 5.03. The molecule has 0 radical (unpaired) electrons. The van der Waals surface area contributed by atoms with Crippen molar-refractivity contribution in [2.75, 3.05) is 13.1 Å². The van der Waals surface area contributed by atoms with Crippen LogP contribution in [0.3, 0.4) is 0 Å². The Morgan fingerprint density at radius 2 is 2.33 bits per heavy atom. The summed E-state index contributed by atoms with van der Waals surface area (Å²) < 4.78 is 0. The highest BCUT2D eigenvalue weighted by Crippen LogP contribution is 2.22. The van der Waals surface area contributed by atoms with Gasteiger partial charge in [0.25, 0.3) is 0 Å². The van der Waals surface area contributed by atoms with E-state index >= 15 is 0 Å². The summed E-state index contributed by atoms with van der Waals surface area (Å²) in [5, 5.41) is 3.20. The maximum Gasteiger partial charge on any atom is 0.0385 e. The molecule has 0 spiro atoms. The van der Waals surface area contributed by atoms with Gasteiger partial charge in [0, 0.05) is 25.3 Å². The number of hydrogen-bond acceptors (Lipinski definition) is 2. The lowest BCUT2D eigenvalue weighted by molar-refractivity contribution is 0.272. The first kappa shape index (κ1) is 12.9. The van der Waals surface area contributed by atoms with E-state index in [1.165, 1.54) is 16.8 Å². The highest BCUT2D eigenvalue weighted by atomic mass is 15.1. The van der Waals surface area contributed by atoms with Crippen LogP contribution in [0.2, 0.25) is 0 Å². The normalized spacial score (nSPS) is 16.2. The molecule has 2 nitrogen and oxygen atoms in total. The van der Waals surface area contributed by atoms with Crippen LogP contribution >= 0.6 is 0 Å². The number of aryl methyl sites for hydroxylation is 1. The summed E-state index contributed by atoms with van der Waals surface area (Å²) in [7, 11) is 0. The predicted molar refractivity (Wildman–Crippen MR) is 77.2 cm³/mol. The minimum Gasteiger partial charge on any atom is -0.365 e. The van der Waals surface area contributed by atoms with E-state index in [1.807, 2.05) is 0 Å². The minimum absolute atomic E-state index is 0.968. The zero-order chi connectivity index (χ0) is 13.0. The number of nitrogens with zero attached hydrogens (tertiary/aromatic N) is 1. The van der Waals surface area contributed by atoms with E-state index < -0.39 is 0 Å². The van der Waals surface area contributed by atoms with Crippen molar-refractivity contribution < 1.29 is 0 Å². The second kappa shape index (κ2) is 5.87. The fourth-order valence-electron chi connectivity index (χ4n) is 2.59. The van der Waals surface area contributed by atoms with E-state index in [4.69, 9.17) is 0 Å². The van der Waals surface area contributed by atoms with Gasteiger partial charge in [-0.25, -0.2) is 0 Å². The van der Waals surface area contributed by atoms with E-state index in [9.17, 15) is 0 Å². The summed E-state index contributed by atoms with van der Waals surface area (Å²) in [5.74, 6) is 0. The van der Waals surface area contributed by atoms with Crippen LogP contribution in [0, 0.1) is 6.92 Å². The fraction of sp³-hybridized carbons (Fsp3) is 0.375. The monoisotopic (exact) mass is 242 g/mol. The lowest BCUT2D eigenvalue weighted by atomic mass is 9.95. The molecule has 0 saturated carbocycles. The first-order chi connectivity index (χ1) is 8.74. The summed E-state index contributed by atoms with van der Waals surface area (Å²) in [4.78, 5) is 2.48. The van der Waals surface area contributed by atoms with Crippen LogP contribution in [0.5, 0.6) is 0 Å². The van der Waals surface area contributed by atoms with Crippen LogP contribution in [0.4, 0.5) is 0 Å². The molecule has 0 atom stereocenters. The van der Waals surface area contributed by atoms with Gasteiger partial charge < -0.3 is 5.32 Å². The van der Waals surface area contributed by atoms with Crippen molar-refractivity contribution in [2.45, 2.75) is 26.8 Å². The van der Waals surface area contributed by atoms with Crippen LogP contribution in [0.1, 0.15) is 23.6 Å². The van der Waals surface area contributed by atoms with Crippen LogP contribution in [-0.4, -0.2) is 18.0 Å². The zero-order valence-corrected chi connectivity index (χ0v) is 11.4. The molecule has 0 amide bonds. The van der Waals surface area contributed by atoms with Crippen molar-refractivity contribution in [3.05, 3.63) is 59.4 Å². The average Bonchev–Trinajstić information content (AvgIpc) is 2.38. The number of benzene rings is 1. The van der Waals surface area contributed by atoms with Gasteiger partial charge in [-0.1, -0.05) is 30.9 Å². The number of fused-ring (bicyclic) bond motifs is 1. The lowest BCUT2D eigenvalue weighted by Gasteiger charge is -2.30. The van der Waals surface area contributed by atoms with Gasteiger partial charge in [-0.3, -0.25) is 4.90 Å². The first-order valence-corrected chi connectivity index (χ1v) is 6.57. The quantitative estimate of drug-likeness (QED) is 0.873. The van der Waals surface area contributed by atoms with E-state index in [0.717, 1.165) is 26.1 Å². The Labute approximate surface area is 110 Å². The minimum atomic E-state index is 0.968. The van der Waals surface area contributed by atoms with Gasteiger partial charge in [-0.2, -0.15) is 0 Å². The molecular formula is C16H22N2. The lowest BCUT2D eigenvalue weighted by Crippen LogP contribution is -2.34. The molecule has 18 heavy (non-hydrogen) atoms. The molecule has 2 rings (SSSR count). The SMILES string of the molecule is C=CN/C(=C\C)CN1CCc2c(C)cccc2C1. The third-order valence-electron chi connectivity index (χ3n) is 3.61. The number of allylic oxidation sites excluding steroid dienone is 1. The molecule has 1 heterocycles. The van der Waals surface area contributed by atoms with Gasteiger partial charge in [0.2, 0.25) is 0 Å². The maximum absolute atomic E-state index is 3.72. The molecule has 0 bridgehead atoms. The molecule has 1 aliphatic rings. The molecule has 0 aromatic heterocycles. The molecule has 0 aliphatic carbocycles. The molecule has 1 aliphatic heterocycles. The van der Waals surface area contributed by atoms with E-state index in [2.05, 4.69) is 54.9 Å². The standard InChI is InChI=1S/C16H22N2/c1-4-15(17-5-2)12-18-10-9-16-13(3)7-6-8-14(16)11-18/h4-8,17H,2,9-12H2,1,3H3/b15-4-. The molecular weight excluding hydrogens is 220 g/mol. The Balaban J connectivity index is 2.06. The first-order valence-electron chi connectivity index (χ1n) is 6.57. The Kier molecular flexibility index (Phi) is 4.21. The highest BCUT2D eigenvalue weighted by molar-refractivity contribution is 5.36. The van der Waals surface area contributed by atoms with Crippen molar-refractivity contribution in [3.8, 4) is 0 Å². The van der Waals surface area contributed by atoms with Crippen molar-refractivity contribution in [1.29, 1.82) is 0 Å². The van der Waals surface area contributed by atoms with Crippen LogP contribution in [0.15, 0.2) is 42.8 Å². The van der Waals surface area contributed by atoms with Crippen LogP contribution in [0.25, 0.3) is 0 Å². The Hall–Kier alpha value is -1.54. The molecule has 0 fully saturated rings. The van der Waals surface area contributed by atoms with Gasteiger partial charge in [-0.05, 0) is 43.2 Å². The van der Waals surface area contributed by atoms with Gasteiger partial charge in [0.15, 0.2) is 0 Å². The second-order valence-corrected chi connectivity index (χ2v) is 4.84. The van der Waals surface area contributed by atoms with Crippen LogP contribution < -0.4 is 5.32 Å². The smallest absolute Gasteiger partial charge is 0.0385 e. The molecule has 1 aromatic carbocycles. The second-order valence-electron chi connectivity index (χ2n) is 4.84. The number of nitrogens with one attached hydrogen (secondary N) is 1. The highest BCUT2D eigenvalue weighted by Gasteiger charge is 2.17. The zero-order valence-electron chi connectivity index (χ0n) is 11.4. The van der Waals surface area contributed by atoms with E-state index in [0.29, 0.717) is 0 Å². The Morgan fingerprint density at radius 1 is 1.50 bits per heavy atom. The molecule has 2 heteroatoms. The van der Waals surface area contributed by atoms with Gasteiger partial charge in [0.05, 0.1) is 0 Å². The van der Waals surface area contributed by atoms with Crippen molar-refractivity contribution >= 4 is 0 Å². The third-order valence-corrected chi connectivity index (χ3v) is 3.61. The summed E-state index contributed by atoms with van der Waals surface area (Å²) >= 11 is 0. The predicted octanol–water partition coefficient (Wildman–Crippen LogP) is 2.99. The molecule has 1 aromatic rings. The van der Waals surface area contributed by atoms with E-state index in [1.54, 1.807) is 11.8 Å². The molecule has 0 saturated heterocycles. The van der Waals surface area contributed by atoms with Crippen LogP contribution in [-0.2, 0) is 13.0 Å². The van der Waals surface area contributed by atoms with Gasteiger partial charge >= 0.3 is 0 Å². The molecule has 0 unspecified atom stereocenters. The van der Waals surface area contributed by atoms with Gasteiger partial charge in [-0.15, -0.1) is 0 Å². The number of hydrogen-bond donors (Lipinski definition) is 1.